The van der Waals surface area contributed by atoms with Crippen LogP contribution in [0.5, 0.6) is 0 Å². The summed E-state index contributed by atoms with van der Waals surface area (Å²) in [5.41, 5.74) is -0.154. The highest BCUT2D eigenvalue weighted by Crippen LogP contribution is 2.21. The Bertz CT molecular complexity index is 413. The van der Waals surface area contributed by atoms with Gasteiger partial charge in [0.15, 0.2) is 0 Å². The molecule has 1 aromatic heterocycles. The summed E-state index contributed by atoms with van der Waals surface area (Å²) in [4.78, 5) is 13.7. The van der Waals surface area contributed by atoms with E-state index in [1.165, 1.54) is 6.20 Å². The summed E-state index contributed by atoms with van der Waals surface area (Å²) < 4.78 is 0. The molecule has 7 nitrogen and oxygen atoms in total. The van der Waals surface area contributed by atoms with E-state index < -0.39 is 4.92 Å². The molecule has 0 fully saturated rings. The molecule has 0 radical (unpaired) electrons. The highest BCUT2D eigenvalue weighted by Gasteiger charge is 2.15. The van der Waals surface area contributed by atoms with Gasteiger partial charge in [-0.1, -0.05) is 0 Å². The Balaban J connectivity index is 3.05. The van der Waals surface area contributed by atoms with Crippen LogP contribution in [-0.4, -0.2) is 28.2 Å². The molecule has 0 saturated carbocycles. The number of nitro groups is 1. The first kappa shape index (κ1) is 10.9. The minimum Gasteiger partial charge on any atom is -0.395 e. The van der Waals surface area contributed by atoms with Crippen LogP contribution in [0.25, 0.3) is 0 Å². The number of rotatable bonds is 4. The van der Waals surface area contributed by atoms with Crippen molar-refractivity contribution in [3.05, 3.63) is 27.9 Å². The Hall–Kier alpha value is -2.20. The van der Waals surface area contributed by atoms with Crippen LogP contribution in [0, 0.1) is 21.4 Å². The standard InChI is InChI=1S/C8H8N4O3/c9-4-6-3-7(12(14)15)8(11-5-6)10-1-2-13/h3,5,13H,1-2H2,(H,10,11). The highest BCUT2D eigenvalue weighted by atomic mass is 16.6. The predicted octanol–water partition coefficient (Wildman–Crippen LogP) is 0.266. The molecule has 0 amide bonds. The number of hydrogen-bond acceptors (Lipinski definition) is 6. The first-order valence-corrected chi connectivity index (χ1v) is 4.08. The average Bonchev–Trinajstić information content (AvgIpc) is 2.26. The lowest BCUT2D eigenvalue weighted by atomic mass is 10.3. The Morgan fingerprint density at radius 3 is 3.00 bits per heavy atom. The van der Waals surface area contributed by atoms with Gasteiger partial charge in [0.25, 0.3) is 0 Å². The van der Waals surface area contributed by atoms with Crippen molar-refractivity contribution in [1.82, 2.24) is 4.98 Å². The lowest BCUT2D eigenvalue weighted by Gasteiger charge is -2.03. The van der Waals surface area contributed by atoms with Crippen LogP contribution >= 0.6 is 0 Å². The summed E-state index contributed by atoms with van der Waals surface area (Å²) in [7, 11) is 0. The second-order valence-electron chi connectivity index (χ2n) is 2.61. The second kappa shape index (κ2) is 4.88. The first-order valence-electron chi connectivity index (χ1n) is 4.08. The quantitative estimate of drug-likeness (QED) is 0.542. The summed E-state index contributed by atoms with van der Waals surface area (Å²) in [6.07, 6.45) is 1.23. The molecule has 1 heterocycles. The largest absolute Gasteiger partial charge is 0.395 e. The van der Waals surface area contributed by atoms with Crippen LogP contribution in [-0.2, 0) is 0 Å². The van der Waals surface area contributed by atoms with E-state index in [2.05, 4.69) is 10.3 Å². The molecule has 0 saturated heterocycles. The van der Waals surface area contributed by atoms with Gasteiger partial charge in [0.2, 0.25) is 5.82 Å². The maximum atomic E-state index is 10.6. The number of aliphatic hydroxyl groups is 1. The van der Waals surface area contributed by atoms with Gasteiger partial charge in [-0.3, -0.25) is 10.1 Å². The lowest BCUT2D eigenvalue weighted by Crippen LogP contribution is -2.09. The Morgan fingerprint density at radius 1 is 1.73 bits per heavy atom. The molecule has 0 aliphatic heterocycles. The minimum atomic E-state index is -0.631. The van der Waals surface area contributed by atoms with Gasteiger partial charge in [-0.2, -0.15) is 5.26 Å². The van der Waals surface area contributed by atoms with Crippen molar-refractivity contribution < 1.29 is 10.0 Å². The molecular formula is C8H8N4O3. The maximum absolute atomic E-state index is 10.6. The number of nitriles is 1. The number of nitrogens with one attached hydrogen (secondary N) is 1. The van der Waals surface area contributed by atoms with Gasteiger partial charge in [-0.05, 0) is 0 Å². The maximum Gasteiger partial charge on any atom is 0.312 e. The topological polar surface area (TPSA) is 112 Å². The fourth-order valence-corrected chi connectivity index (χ4v) is 0.964. The van der Waals surface area contributed by atoms with Crippen LogP contribution in [0.15, 0.2) is 12.3 Å². The monoisotopic (exact) mass is 208 g/mol. The van der Waals surface area contributed by atoms with Gasteiger partial charge in [0.1, 0.15) is 6.07 Å². The van der Waals surface area contributed by atoms with E-state index in [4.69, 9.17) is 10.4 Å². The van der Waals surface area contributed by atoms with Gasteiger partial charge >= 0.3 is 5.69 Å². The molecular weight excluding hydrogens is 200 g/mol. The molecule has 0 aromatic carbocycles. The molecule has 1 rings (SSSR count). The van der Waals surface area contributed by atoms with Gasteiger partial charge in [-0.25, -0.2) is 4.98 Å². The van der Waals surface area contributed by atoms with Gasteiger partial charge in [-0.15, -0.1) is 0 Å². The summed E-state index contributed by atoms with van der Waals surface area (Å²) in [6.45, 7) is 0.0125. The molecule has 2 N–H and O–H groups in total. The third-order valence-electron chi connectivity index (χ3n) is 1.60. The van der Waals surface area contributed by atoms with Crippen molar-refractivity contribution in [3.63, 3.8) is 0 Å². The van der Waals surface area contributed by atoms with Crippen LogP contribution in [0.3, 0.4) is 0 Å². The molecule has 0 unspecified atom stereocenters. The zero-order valence-corrected chi connectivity index (χ0v) is 7.67. The van der Waals surface area contributed by atoms with E-state index >= 15 is 0 Å². The third kappa shape index (κ3) is 2.62. The number of hydrogen-bond donors (Lipinski definition) is 2. The third-order valence-corrected chi connectivity index (χ3v) is 1.60. The van der Waals surface area contributed by atoms with Crippen molar-refractivity contribution >= 4 is 11.5 Å². The van der Waals surface area contributed by atoms with Gasteiger partial charge in [0.05, 0.1) is 17.1 Å². The number of aromatic nitrogens is 1. The molecule has 7 heteroatoms. The van der Waals surface area contributed by atoms with Crippen molar-refractivity contribution in [1.29, 1.82) is 5.26 Å². The average molecular weight is 208 g/mol. The Morgan fingerprint density at radius 2 is 2.47 bits per heavy atom. The highest BCUT2D eigenvalue weighted by molar-refractivity contribution is 5.58. The van der Waals surface area contributed by atoms with Crippen LogP contribution < -0.4 is 5.32 Å². The minimum absolute atomic E-state index is 0.0491. The molecule has 15 heavy (non-hydrogen) atoms. The van der Waals surface area contributed by atoms with E-state index in [1.54, 1.807) is 6.07 Å². The van der Waals surface area contributed by atoms with Crippen LogP contribution in [0.2, 0.25) is 0 Å². The SMILES string of the molecule is N#Cc1cnc(NCCO)c([N+](=O)[O-])c1. The second-order valence-corrected chi connectivity index (χ2v) is 2.61. The van der Waals surface area contributed by atoms with Crippen LogP contribution in [0.1, 0.15) is 5.56 Å². The van der Waals surface area contributed by atoms with Gasteiger partial charge in [0, 0.05) is 18.8 Å². The van der Waals surface area contributed by atoms with Crippen molar-refractivity contribution in [2.45, 2.75) is 0 Å². The predicted molar refractivity (Wildman–Crippen MR) is 51.2 cm³/mol. The number of nitrogens with zero attached hydrogens (tertiary/aromatic N) is 3. The lowest BCUT2D eigenvalue weighted by molar-refractivity contribution is -0.384. The van der Waals surface area contributed by atoms with Crippen LogP contribution in [0.4, 0.5) is 11.5 Å². The molecule has 0 spiro atoms. The summed E-state index contributed by atoms with van der Waals surface area (Å²) >= 11 is 0. The number of aliphatic hydroxyl groups excluding tert-OH is 1. The molecule has 78 valence electrons. The number of anilines is 1. The Kier molecular flexibility index (Phi) is 3.54. The van der Waals surface area contributed by atoms with Gasteiger partial charge < -0.3 is 10.4 Å². The fourth-order valence-electron chi connectivity index (χ4n) is 0.964. The molecule has 0 bridgehead atoms. The normalized spacial score (nSPS) is 9.33. The van der Waals surface area contributed by atoms with E-state index in [0.717, 1.165) is 6.07 Å². The smallest absolute Gasteiger partial charge is 0.312 e. The van der Waals surface area contributed by atoms with Crippen molar-refractivity contribution in [3.8, 4) is 6.07 Å². The fraction of sp³-hybridized carbons (Fsp3) is 0.250. The summed E-state index contributed by atoms with van der Waals surface area (Å²) in [5.74, 6) is 0.0491. The van der Waals surface area contributed by atoms with E-state index in [9.17, 15) is 10.1 Å². The molecule has 0 aliphatic carbocycles. The molecule has 1 aromatic rings. The molecule has 0 aliphatic rings. The van der Waals surface area contributed by atoms with E-state index in [1.807, 2.05) is 0 Å². The summed E-state index contributed by atoms with van der Waals surface area (Å²) in [6, 6.07) is 2.89. The van der Waals surface area contributed by atoms with E-state index in [0.29, 0.717) is 0 Å². The first-order chi connectivity index (χ1) is 7.19. The molecule has 0 atom stereocenters. The summed E-state index contributed by atoms with van der Waals surface area (Å²) in [5, 5.41) is 30.3. The zero-order valence-electron chi connectivity index (χ0n) is 7.67. The van der Waals surface area contributed by atoms with E-state index in [-0.39, 0.29) is 30.2 Å². The van der Waals surface area contributed by atoms with Crippen molar-refractivity contribution in [2.24, 2.45) is 0 Å². The Labute approximate surface area is 85.1 Å². The zero-order chi connectivity index (χ0) is 11.3. The number of pyridine rings is 1. The van der Waals surface area contributed by atoms with Crippen molar-refractivity contribution in [2.75, 3.05) is 18.5 Å².